The highest BCUT2D eigenvalue weighted by atomic mass is 35.5. The van der Waals surface area contributed by atoms with Gasteiger partial charge in [0.25, 0.3) is 0 Å². The van der Waals surface area contributed by atoms with Crippen LogP contribution in [-0.2, 0) is 11.2 Å². The van der Waals surface area contributed by atoms with Crippen molar-refractivity contribution < 1.29 is 19.0 Å². The highest BCUT2D eigenvalue weighted by Crippen LogP contribution is 2.33. The normalized spacial score (nSPS) is 10.2. The first kappa shape index (κ1) is 12.8. The van der Waals surface area contributed by atoms with Gasteiger partial charge in [0.2, 0.25) is 0 Å². The molecule has 5 heteroatoms. The molecule has 0 fully saturated rings. The van der Waals surface area contributed by atoms with E-state index in [1.165, 1.54) is 13.2 Å². The zero-order chi connectivity index (χ0) is 12.3. The van der Waals surface area contributed by atoms with Crippen LogP contribution in [0.1, 0.15) is 17.5 Å². The lowest BCUT2D eigenvalue weighted by atomic mass is 10.0. The number of benzene rings is 1. The minimum absolute atomic E-state index is 0.0863. The third-order valence-corrected chi connectivity index (χ3v) is 2.63. The van der Waals surface area contributed by atoms with Crippen molar-refractivity contribution in [3.8, 4) is 5.75 Å². The highest BCUT2D eigenvalue weighted by molar-refractivity contribution is 6.32. The van der Waals surface area contributed by atoms with E-state index < -0.39 is 11.8 Å². The molecule has 0 aliphatic rings. The van der Waals surface area contributed by atoms with Crippen LogP contribution in [0, 0.1) is 12.7 Å². The number of carbonyl (C=O) groups is 1. The molecule has 0 heterocycles. The van der Waals surface area contributed by atoms with Crippen molar-refractivity contribution in [1.29, 1.82) is 0 Å². The lowest BCUT2D eigenvalue weighted by Crippen LogP contribution is -2.03. The molecule has 3 nitrogen and oxygen atoms in total. The van der Waals surface area contributed by atoms with Crippen LogP contribution in [0.4, 0.5) is 4.39 Å². The van der Waals surface area contributed by atoms with E-state index in [9.17, 15) is 9.18 Å². The molecule has 0 unspecified atom stereocenters. The first-order valence-electron chi connectivity index (χ1n) is 4.70. The highest BCUT2D eigenvalue weighted by Gasteiger charge is 2.16. The molecule has 0 spiro atoms. The summed E-state index contributed by atoms with van der Waals surface area (Å²) in [5.41, 5.74) is 0.886. The fraction of sp³-hybridized carbons (Fsp3) is 0.364. The van der Waals surface area contributed by atoms with E-state index in [0.29, 0.717) is 16.9 Å². The number of ether oxygens (including phenoxy) is 1. The molecular formula is C11H12ClFO3. The van der Waals surface area contributed by atoms with E-state index in [-0.39, 0.29) is 17.9 Å². The molecule has 0 saturated carbocycles. The summed E-state index contributed by atoms with van der Waals surface area (Å²) >= 11 is 5.81. The van der Waals surface area contributed by atoms with Crippen LogP contribution in [-0.4, -0.2) is 18.2 Å². The molecule has 0 amide bonds. The van der Waals surface area contributed by atoms with Gasteiger partial charge < -0.3 is 9.84 Å². The zero-order valence-electron chi connectivity index (χ0n) is 9.01. The molecular weight excluding hydrogens is 235 g/mol. The fourth-order valence-electron chi connectivity index (χ4n) is 1.50. The van der Waals surface area contributed by atoms with Crippen molar-refractivity contribution >= 4 is 17.6 Å². The summed E-state index contributed by atoms with van der Waals surface area (Å²) in [6, 6.07) is 1.17. The number of methoxy groups -OCH3 is 1. The zero-order valence-corrected chi connectivity index (χ0v) is 9.77. The summed E-state index contributed by atoms with van der Waals surface area (Å²) in [5.74, 6) is -1.05. The van der Waals surface area contributed by atoms with Crippen molar-refractivity contribution in [3.05, 3.63) is 28.0 Å². The molecule has 88 valence electrons. The van der Waals surface area contributed by atoms with Crippen molar-refractivity contribution in [2.75, 3.05) is 7.11 Å². The Labute approximate surface area is 97.8 Å². The maximum atomic E-state index is 13.4. The summed E-state index contributed by atoms with van der Waals surface area (Å²) in [6.07, 6.45) is 0.110. The first-order valence-corrected chi connectivity index (χ1v) is 5.08. The maximum Gasteiger partial charge on any atom is 0.303 e. The lowest BCUT2D eigenvalue weighted by Gasteiger charge is -2.13. The second-order valence-electron chi connectivity index (χ2n) is 3.37. The maximum absolute atomic E-state index is 13.4. The van der Waals surface area contributed by atoms with E-state index in [2.05, 4.69) is 0 Å². The van der Waals surface area contributed by atoms with Crippen molar-refractivity contribution in [2.45, 2.75) is 19.8 Å². The number of rotatable bonds is 4. The van der Waals surface area contributed by atoms with Gasteiger partial charge in [-0.3, -0.25) is 4.79 Å². The Balaban J connectivity index is 3.17. The Kier molecular flexibility index (Phi) is 4.12. The molecule has 0 aromatic heterocycles. The third-order valence-electron chi connectivity index (χ3n) is 2.35. The first-order chi connectivity index (χ1) is 7.47. The molecule has 1 N–H and O–H groups in total. The summed E-state index contributed by atoms with van der Waals surface area (Å²) in [6.45, 7) is 1.57. The number of hydrogen-bond acceptors (Lipinski definition) is 2. The second kappa shape index (κ2) is 5.16. The summed E-state index contributed by atoms with van der Waals surface area (Å²) in [7, 11) is 1.42. The Morgan fingerprint density at radius 2 is 2.25 bits per heavy atom. The predicted octanol–water partition coefficient (Wildman–Crippen LogP) is 2.81. The molecule has 0 aliphatic heterocycles. The molecule has 0 saturated heterocycles. The summed E-state index contributed by atoms with van der Waals surface area (Å²) in [5, 5.41) is 8.76. The molecule has 1 aromatic carbocycles. The van der Waals surface area contributed by atoms with Gasteiger partial charge in [0.1, 0.15) is 11.6 Å². The largest absolute Gasteiger partial charge is 0.495 e. The minimum Gasteiger partial charge on any atom is -0.495 e. The van der Waals surface area contributed by atoms with Crippen LogP contribution in [0.3, 0.4) is 0 Å². The molecule has 1 rings (SSSR count). The third kappa shape index (κ3) is 2.64. The van der Waals surface area contributed by atoms with Crippen LogP contribution >= 0.6 is 11.6 Å². The predicted molar refractivity (Wildman–Crippen MR) is 58.7 cm³/mol. The molecule has 0 radical (unpaired) electrons. The van der Waals surface area contributed by atoms with Gasteiger partial charge in [0.05, 0.1) is 12.1 Å². The number of aliphatic carboxylic acids is 1. The van der Waals surface area contributed by atoms with Gasteiger partial charge in [0.15, 0.2) is 0 Å². The number of halogens is 2. The van der Waals surface area contributed by atoms with Crippen molar-refractivity contribution in [1.82, 2.24) is 0 Å². The lowest BCUT2D eigenvalue weighted by molar-refractivity contribution is -0.136. The van der Waals surface area contributed by atoms with Crippen LogP contribution in [0.15, 0.2) is 6.07 Å². The van der Waals surface area contributed by atoms with Gasteiger partial charge in [-0.1, -0.05) is 11.6 Å². The van der Waals surface area contributed by atoms with Gasteiger partial charge in [-0.25, -0.2) is 4.39 Å². The Morgan fingerprint density at radius 3 is 2.75 bits per heavy atom. The summed E-state index contributed by atoms with van der Waals surface area (Å²) < 4.78 is 18.4. The van der Waals surface area contributed by atoms with Crippen LogP contribution < -0.4 is 4.74 Å². The van der Waals surface area contributed by atoms with E-state index in [1.54, 1.807) is 6.92 Å². The fourth-order valence-corrected chi connectivity index (χ4v) is 1.78. The SMILES string of the molecule is COc1c(Cl)cc(F)c(C)c1CCC(=O)O. The van der Waals surface area contributed by atoms with E-state index >= 15 is 0 Å². The van der Waals surface area contributed by atoms with Crippen LogP contribution in [0.2, 0.25) is 5.02 Å². The average molecular weight is 247 g/mol. The summed E-state index contributed by atoms with van der Waals surface area (Å²) in [4.78, 5) is 10.5. The Hall–Kier alpha value is -1.29. The standard InChI is InChI=1S/C11H12ClFO3/c1-6-7(3-4-10(14)15)11(16-2)8(12)5-9(6)13/h5H,3-4H2,1-2H3,(H,14,15). The van der Waals surface area contributed by atoms with E-state index in [0.717, 1.165) is 0 Å². The Morgan fingerprint density at radius 1 is 1.62 bits per heavy atom. The number of carboxylic acids is 1. The van der Waals surface area contributed by atoms with E-state index in [1.807, 2.05) is 0 Å². The smallest absolute Gasteiger partial charge is 0.303 e. The topological polar surface area (TPSA) is 46.5 Å². The quantitative estimate of drug-likeness (QED) is 0.889. The second-order valence-corrected chi connectivity index (χ2v) is 3.78. The minimum atomic E-state index is -0.943. The molecule has 0 bridgehead atoms. The average Bonchev–Trinajstić information content (AvgIpc) is 2.20. The van der Waals surface area contributed by atoms with Gasteiger partial charge in [-0.05, 0) is 25.0 Å². The molecule has 0 aliphatic carbocycles. The Bertz CT molecular complexity index is 418. The number of carboxylic acid groups (broad SMARTS) is 1. The van der Waals surface area contributed by atoms with E-state index in [4.69, 9.17) is 21.4 Å². The van der Waals surface area contributed by atoms with Gasteiger partial charge in [-0.2, -0.15) is 0 Å². The number of hydrogen-bond donors (Lipinski definition) is 1. The van der Waals surface area contributed by atoms with Crippen LogP contribution in [0.25, 0.3) is 0 Å². The molecule has 16 heavy (non-hydrogen) atoms. The van der Waals surface area contributed by atoms with Crippen LogP contribution in [0.5, 0.6) is 5.75 Å². The van der Waals surface area contributed by atoms with Crippen molar-refractivity contribution in [2.24, 2.45) is 0 Å². The molecule has 0 atom stereocenters. The molecule has 1 aromatic rings. The van der Waals surface area contributed by atoms with Gasteiger partial charge in [-0.15, -0.1) is 0 Å². The van der Waals surface area contributed by atoms with Gasteiger partial charge in [0, 0.05) is 12.0 Å². The van der Waals surface area contributed by atoms with Gasteiger partial charge >= 0.3 is 5.97 Å². The van der Waals surface area contributed by atoms with Crippen molar-refractivity contribution in [3.63, 3.8) is 0 Å². The monoisotopic (exact) mass is 246 g/mol.